The molecule has 0 unspecified atom stereocenters. The first-order chi connectivity index (χ1) is 13.6. The number of hydrogen-bond acceptors (Lipinski definition) is 5. The standard InChI is InChI=1S/C21H27N5O3/c1-13-7-8-17(29-6)16(11-13)24-18(27)9-10-25-14(2)23-19-15(20(25)28)12-22-26(19)21(3,4)5/h7-8,11-12H,9-10H2,1-6H3,(H,24,27). The minimum Gasteiger partial charge on any atom is -0.495 e. The minimum absolute atomic E-state index is 0.137. The van der Waals surface area contributed by atoms with Crippen LogP contribution in [-0.4, -0.2) is 32.3 Å². The Bertz CT molecular complexity index is 1120. The number of fused-ring (bicyclic) bond motifs is 1. The summed E-state index contributed by atoms with van der Waals surface area (Å²) in [5, 5.41) is 7.64. The van der Waals surface area contributed by atoms with Gasteiger partial charge in [0.2, 0.25) is 5.91 Å². The Labute approximate surface area is 169 Å². The number of amides is 1. The van der Waals surface area contributed by atoms with Crippen LogP contribution in [0.15, 0.2) is 29.2 Å². The van der Waals surface area contributed by atoms with Gasteiger partial charge in [0.05, 0.1) is 24.5 Å². The second-order valence-electron chi connectivity index (χ2n) is 8.08. The van der Waals surface area contributed by atoms with E-state index in [-0.39, 0.29) is 30.0 Å². The number of nitrogens with zero attached hydrogens (tertiary/aromatic N) is 4. The number of carbonyl (C=O) groups excluding carboxylic acids is 1. The molecule has 1 aromatic carbocycles. The van der Waals surface area contributed by atoms with Crippen LogP contribution < -0.4 is 15.6 Å². The number of nitrogens with one attached hydrogen (secondary N) is 1. The summed E-state index contributed by atoms with van der Waals surface area (Å²) in [5.74, 6) is 0.940. The van der Waals surface area contributed by atoms with E-state index in [1.165, 1.54) is 4.57 Å². The third-order valence-corrected chi connectivity index (χ3v) is 4.70. The summed E-state index contributed by atoms with van der Waals surface area (Å²) in [4.78, 5) is 30.0. The van der Waals surface area contributed by atoms with Gasteiger partial charge in [0.25, 0.3) is 5.56 Å². The average molecular weight is 397 g/mol. The molecule has 0 atom stereocenters. The molecular weight excluding hydrogens is 370 g/mol. The van der Waals surface area contributed by atoms with E-state index >= 15 is 0 Å². The maximum atomic E-state index is 12.9. The summed E-state index contributed by atoms with van der Waals surface area (Å²) < 4.78 is 8.56. The molecule has 2 heterocycles. The van der Waals surface area contributed by atoms with E-state index in [9.17, 15) is 9.59 Å². The molecule has 2 aromatic heterocycles. The summed E-state index contributed by atoms with van der Waals surface area (Å²) in [6.07, 6.45) is 1.68. The predicted molar refractivity (Wildman–Crippen MR) is 112 cm³/mol. The van der Waals surface area contributed by atoms with Crippen LogP contribution in [-0.2, 0) is 16.9 Å². The maximum Gasteiger partial charge on any atom is 0.264 e. The van der Waals surface area contributed by atoms with Crippen molar-refractivity contribution in [1.29, 1.82) is 0 Å². The highest BCUT2D eigenvalue weighted by atomic mass is 16.5. The van der Waals surface area contributed by atoms with E-state index in [1.807, 2.05) is 45.9 Å². The van der Waals surface area contributed by atoms with Crippen LogP contribution >= 0.6 is 0 Å². The Kier molecular flexibility index (Phi) is 5.46. The first-order valence-electron chi connectivity index (χ1n) is 9.52. The zero-order valence-electron chi connectivity index (χ0n) is 17.7. The van der Waals surface area contributed by atoms with Crippen LogP contribution in [0.3, 0.4) is 0 Å². The molecular formula is C21H27N5O3. The number of rotatable bonds is 5. The zero-order chi connectivity index (χ0) is 21.3. The highest BCUT2D eigenvalue weighted by Crippen LogP contribution is 2.25. The molecule has 0 aliphatic heterocycles. The van der Waals surface area contributed by atoms with E-state index in [4.69, 9.17) is 4.74 Å². The maximum absolute atomic E-state index is 12.9. The summed E-state index contributed by atoms with van der Waals surface area (Å²) in [6.45, 7) is 9.96. The van der Waals surface area contributed by atoms with Crippen molar-refractivity contribution in [3.8, 4) is 5.75 Å². The Hall–Kier alpha value is -3.16. The van der Waals surface area contributed by atoms with Gasteiger partial charge in [-0.05, 0) is 52.3 Å². The van der Waals surface area contributed by atoms with Crippen molar-refractivity contribution in [1.82, 2.24) is 19.3 Å². The minimum atomic E-state index is -0.285. The number of hydrogen-bond donors (Lipinski definition) is 1. The van der Waals surface area contributed by atoms with Crippen LogP contribution in [0.2, 0.25) is 0 Å². The van der Waals surface area contributed by atoms with E-state index in [0.29, 0.717) is 28.3 Å². The van der Waals surface area contributed by atoms with Crippen LogP contribution in [0.4, 0.5) is 5.69 Å². The third-order valence-electron chi connectivity index (χ3n) is 4.70. The molecule has 29 heavy (non-hydrogen) atoms. The number of ether oxygens (including phenoxy) is 1. The normalized spacial score (nSPS) is 11.7. The molecule has 1 amide bonds. The fourth-order valence-corrected chi connectivity index (χ4v) is 3.21. The fraction of sp³-hybridized carbons (Fsp3) is 0.429. The van der Waals surface area contributed by atoms with Crippen LogP contribution in [0.5, 0.6) is 5.75 Å². The van der Waals surface area contributed by atoms with Crippen molar-refractivity contribution in [2.45, 2.75) is 53.1 Å². The lowest BCUT2D eigenvalue weighted by molar-refractivity contribution is -0.116. The molecule has 0 saturated carbocycles. The molecule has 1 N–H and O–H groups in total. The highest BCUT2D eigenvalue weighted by molar-refractivity contribution is 5.92. The Morgan fingerprint density at radius 1 is 1.24 bits per heavy atom. The first kappa shape index (κ1) is 20.6. The smallest absolute Gasteiger partial charge is 0.264 e. The molecule has 0 fully saturated rings. The van der Waals surface area contributed by atoms with Crippen molar-refractivity contribution in [2.75, 3.05) is 12.4 Å². The molecule has 154 valence electrons. The second kappa shape index (κ2) is 7.69. The molecule has 0 aliphatic rings. The van der Waals surface area contributed by atoms with Gasteiger partial charge < -0.3 is 10.1 Å². The number of anilines is 1. The fourth-order valence-electron chi connectivity index (χ4n) is 3.21. The van der Waals surface area contributed by atoms with Crippen molar-refractivity contribution in [3.05, 3.63) is 46.1 Å². The average Bonchev–Trinajstić information content (AvgIpc) is 3.06. The topological polar surface area (TPSA) is 91.0 Å². The molecule has 3 rings (SSSR count). The second-order valence-corrected chi connectivity index (χ2v) is 8.08. The zero-order valence-corrected chi connectivity index (χ0v) is 17.7. The predicted octanol–water partition coefficient (Wildman–Crippen LogP) is 3.00. The number of benzene rings is 1. The van der Waals surface area contributed by atoms with Gasteiger partial charge in [-0.25, -0.2) is 9.67 Å². The van der Waals surface area contributed by atoms with Gasteiger partial charge in [0.15, 0.2) is 5.65 Å². The molecule has 8 heteroatoms. The summed E-state index contributed by atoms with van der Waals surface area (Å²) in [6, 6.07) is 5.57. The molecule has 0 aliphatic carbocycles. The number of methoxy groups -OCH3 is 1. The molecule has 3 aromatic rings. The van der Waals surface area contributed by atoms with Gasteiger partial charge in [-0.2, -0.15) is 5.10 Å². The summed E-state index contributed by atoms with van der Waals surface area (Å²) in [7, 11) is 1.56. The van der Waals surface area contributed by atoms with Gasteiger partial charge in [-0.1, -0.05) is 6.07 Å². The lowest BCUT2D eigenvalue weighted by atomic mass is 10.1. The number of aromatic nitrogens is 4. The van der Waals surface area contributed by atoms with E-state index in [0.717, 1.165) is 5.56 Å². The molecule has 8 nitrogen and oxygen atoms in total. The SMILES string of the molecule is COc1ccc(C)cc1NC(=O)CCn1c(C)nc2c(cnn2C(C)(C)C)c1=O. The molecule has 0 spiro atoms. The van der Waals surface area contributed by atoms with Gasteiger partial charge in [0.1, 0.15) is 17.0 Å². The lowest BCUT2D eigenvalue weighted by Crippen LogP contribution is -2.28. The van der Waals surface area contributed by atoms with Gasteiger partial charge in [-0.3, -0.25) is 14.2 Å². The van der Waals surface area contributed by atoms with E-state index in [2.05, 4.69) is 15.4 Å². The Morgan fingerprint density at radius 2 is 1.97 bits per heavy atom. The van der Waals surface area contributed by atoms with Crippen LogP contribution in [0.1, 0.15) is 38.6 Å². The molecule has 0 bridgehead atoms. The summed E-state index contributed by atoms with van der Waals surface area (Å²) in [5.41, 5.74) is 1.71. The molecule has 0 saturated heterocycles. The highest BCUT2D eigenvalue weighted by Gasteiger charge is 2.21. The van der Waals surface area contributed by atoms with Crippen LogP contribution in [0.25, 0.3) is 11.0 Å². The largest absolute Gasteiger partial charge is 0.495 e. The van der Waals surface area contributed by atoms with Gasteiger partial charge in [-0.15, -0.1) is 0 Å². The quantitative estimate of drug-likeness (QED) is 0.715. The van der Waals surface area contributed by atoms with Gasteiger partial charge in [0, 0.05) is 13.0 Å². The van der Waals surface area contributed by atoms with Crippen molar-refractivity contribution in [3.63, 3.8) is 0 Å². The number of aryl methyl sites for hydroxylation is 2. The van der Waals surface area contributed by atoms with Crippen LogP contribution in [0, 0.1) is 13.8 Å². The van der Waals surface area contributed by atoms with E-state index in [1.54, 1.807) is 24.9 Å². The van der Waals surface area contributed by atoms with E-state index < -0.39 is 0 Å². The summed E-state index contributed by atoms with van der Waals surface area (Å²) >= 11 is 0. The Balaban J connectivity index is 1.82. The Morgan fingerprint density at radius 3 is 2.62 bits per heavy atom. The van der Waals surface area contributed by atoms with Crippen molar-refractivity contribution >= 4 is 22.6 Å². The third kappa shape index (κ3) is 4.16. The van der Waals surface area contributed by atoms with Crippen molar-refractivity contribution in [2.24, 2.45) is 0 Å². The number of carbonyl (C=O) groups is 1. The lowest BCUT2D eigenvalue weighted by Gasteiger charge is -2.20. The monoisotopic (exact) mass is 397 g/mol. The molecule has 0 radical (unpaired) electrons. The first-order valence-corrected chi connectivity index (χ1v) is 9.52. The van der Waals surface area contributed by atoms with Crippen molar-refractivity contribution < 1.29 is 9.53 Å². The van der Waals surface area contributed by atoms with Gasteiger partial charge >= 0.3 is 0 Å².